The largest absolute Gasteiger partial charge is 0.454 e. The van der Waals surface area contributed by atoms with E-state index >= 15 is 0 Å². The molecule has 3 aromatic rings. The van der Waals surface area contributed by atoms with Gasteiger partial charge in [0, 0.05) is 32.4 Å². The second-order valence-corrected chi connectivity index (χ2v) is 7.18. The van der Waals surface area contributed by atoms with E-state index in [0.29, 0.717) is 11.4 Å². The zero-order chi connectivity index (χ0) is 18.3. The van der Waals surface area contributed by atoms with Crippen LogP contribution in [0.5, 0.6) is 11.5 Å². The molecule has 0 atom stereocenters. The molecule has 0 bridgehead atoms. The molecule has 0 spiro atoms. The summed E-state index contributed by atoms with van der Waals surface area (Å²) in [6.07, 6.45) is 3.64. The van der Waals surface area contributed by atoms with Gasteiger partial charge in [0.1, 0.15) is 9.88 Å². The maximum absolute atomic E-state index is 12.9. The maximum atomic E-state index is 12.9. The molecule has 7 nitrogen and oxygen atoms in total. The molecule has 0 fully saturated rings. The number of thiazole rings is 1. The monoisotopic (exact) mass is 370 g/mol. The van der Waals surface area contributed by atoms with Crippen LogP contribution >= 0.6 is 11.3 Å². The van der Waals surface area contributed by atoms with E-state index in [1.54, 1.807) is 22.8 Å². The predicted octanol–water partition coefficient (Wildman–Crippen LogP) is 2.85. The number of ether oxygens (including phenoxy) is 2. The number of amides is 1. The Morgan fingerprint density at radius 2 is 2.15 bits per heavy atom. The molecule has 1 aromatic carbocycles. The SMILES string of the molecule is Cc1nc(-c2cnn(C)c2)sc1C(=O)N(C)Cc1ccc2c(c1)OCO2. The molecule has 1 aliphatic rings. The number of hydrogen-bond donors (Lipinski definition) is 0. The number of aromatic nitrogens is 3. The van der Waals surface area contributed by atoms with Crippen LogP contribution in [-0.2, 0) is 13.6 Å². The average Bonchev–Trinajstić information content (AvgIpc) is 3.33. The van der Waals surface area contributed by atoms with Gasteiger partial charge in [0.25, 0.3) is 5.91 Å². The van der Waals surface area contributed by atoms with Gasteiger partial charge < -0.3 is 14.4 Å². The Morgan fingerprint density at radius 3 is 2.92 bits per heavy atom. The molecule has 3 heterocycles. The van der Waals surface area contributed by atoms with Gasteiger partial charge in [-0.1, -0.05) is 6.07 Å². The van der Waals surface area contributed by atoms with Crippen molar-refractivity contribution in [2.24, 2.45) is 7.05 Å². The highest BCUT2D eigenvalue weighted by Gasteiger charge is 2.21. The lowest BCUT2D eigenvalue weighted by molar-refractivity contribution is 0.0789. The Morgan fingerprint density at radius 1 is 1.35 bits per heavy atom. The molecule has 134 valence electrons. The average molecular weight is 370 g/mol. The van der Waals surface area contributed by atoms with E-state index in [-0.39, 0.29) is 12.7 Å². The molecule has 0 saturated carbocycles. The summed E-state index contributed by atoms with van der Waals surface area (Å²) < 4.78 is 12.4. The number of nitrogens with zero attached hydrogens (tertiary/aromatic N) is 4. The van der Waals surface area contributed by atoms with E-state index in [9.17, 15) is 4.79 Å². The lowest BCUT2D eigenvalue weighted by atomic mass is 10.2. The molecular formula is C18H18N4O3S. The quantitative estimate of drug-likeness (QED) is 0.706. The molecule has 1 amide bonds. The molecule has 1 aliphatic heterocycles. The van der Waals surface area contributed by atoms with E-state index in [0.717, 1.165) is 33.3 Å². The van der Waals surface area contributed by atoms with Crippen molar-refractivity contribution in [2.75, 3.05) is 13.8 Å². The first-order valence-corrected chi connectivity index (χ1v) is 8.93. The van der Waals surface area contributed by atoms with E-state index < -0.39 is 0 Å². The van der Waals surface area contributed by atoms with Crippen LogP contribution in [0.3, 0.4) is 0 Å². The van der Waals surface area contributed by atoms with Crippen molar-refractivity contribution in [2.45, 2.75) is 13.5 Å². The summed E-state index contributed by atoms with van der Waals surface area (Å²) in [4.78, 5) is 19.7. The molecule has 0 N–H and O–H groups in total. The fourth-order valence-corrected chi connectivity index (χ4v) is 3.84. The molecule has 0 aliphatic carbocycles. The van der Waals surface area contributed by atoms with Crippen molar-refractivity contribution in [1.29, 1.82) is 0 Å². The van der Waals surface area contributed by atoms with Crippen LogP contribution in [0.25, 0.3) is 10.6 Å². The van der Waals surface area contributed by atoms with Gasteiger partial charge >= 0.3 is 0 Å². The molecule has 8 heteroatoms. The molecule has 4 rings (SSSR count). The second-order valence-electron chi connectivity index (χ2n) is 6.19. The van der Waals surface area contributed by atoms with Gasteiger partial charge in [-0.3, -0.25) is 9.48 Å². The molecule has 0 saturated heterocycles. The van der Waals surface area contributed by atoms with Gasteiger partial charge in [0.05, 0.1) is 11.9 Å². The van der Waals surface area contributed by atoms with Crippen molar-refractivity contribution < 1.29 is 14.3 Å². The third kappa shape index (κ3) is 3.03. The Hall–Kier alpha value is -2.87. The van der Waals surface area contributed by atoms with Crippen LogP contribution in [0.2, 0.25) is 0 Å². The minimum absolute atomic E-state index is 0.0483. The first kappa shape index (κ1) is 16.6. The minimum atomic E-state index is -0.0483. The summed E-state index contributed by atoms with van der Waals surface area (Å²) in [5.41, 5.74) is 2.63. The van der Waals surface area contributed by atoms with Crippen LogP contribution in [0, 0.1) is 6.92 Å². The zero-order valence-corrected chi connectivity index (χ0v) is 15.5. The van der Waals surface area contributed by atoms with Gasteiger partial charge in [-0.2, -0.15) is 5.10 Å². The summed E-state index contributed by atoms with van der Waals surface area (Å²) in [6, 6.07) is 5.72. The van der Waals surface area contributed by atoms with Crippen molar-refractivity contribution in [3.8, 4) is 22.1 Å². The van der Waals surface area contributed by atoms with Crippen LogP contribution in [0.15, 0.2) is 30.6 Å². The van der Waals surface area contributed by atoms with Gasteiger partial charge in [-0.25, -0.2) is 4.98 Å². The zero-order valence-electron chi connectivity index (χ0n) is 14.7. The van der Waals surface area contributed by atoms with Gasteiger partial charge in [0.2, 0.25) is 6.79 Å². The van der Waals surface area contributed by atoms with Crippen molar-refractivity contribution in [3.05, 3.63) is 46.7 Å². The minimum Gasteiger partial charge on any atom is -0.454 e. The summed E-state index contributed by atoms with van der Waals surface area (Å²) in [5.74, 6) is 1.41. The van der Waals surface area contributed by atoms with Crippen molar-refractivity contribution in [1.82, 2.24) is 19.7 Å². The van der Waals surface area contributed by atoms with Crippen LogP contribution < -0.4 is 9.47 Å². The number of benzene rings is 1. The van der Waals surface area contributed by atoms with Crippen LogP contribution in [-0.4, -0.2) is 39.4 Å². The lowest BCUT2D eigenvalue weighted by Gasteiger charge is -2.16. The number of rotatable bonds is 4. The van der Waals surface area contributed by atoms with Crippen LogP contribution in [0.4, 0.5) is 0 Å². The van der Waals surface area contributed by atoms with E-state index in [2.05, 4.69) is 10.1 Å². The summed E-state index contributed by atoms with van der Waals surface area (Å²) >= 11 is 1.39. The Bertz CT molecular complexity index is 979. The Balaban J connectivity index is 1.52. The fourth-order valence-electron chi connectivity index (χ4n) is 2.81. The standard InChI is InChI=1S/C18H18N4O3S/c1-11-16(26-17(20-11)13-7-19-22(3)9-13)18(23)21(2)8-12-4-5-14-15(6-12)25-10-24-14/h4-7,9H,8,10H2,1-3H3. The number of carbonyl (C=O) groups is 1. The normalized spacial score (nSPS) is 12.4. The van der Waals surface area contributed by atoms with Crippen molar-refractivity contribution >= 4 is 17.2 Å². The topological polar surface area (TPSA) is 69.5 Å². The fraction of sp³-hybridized carbons (Fsp3) is 0.278. The van der Waals surface area contributed by atoms with E-state index in [1.165, 1.54) is 11.3 Å². The first-order valence-electron chi connectivity index (χ1n) is 8.11. The second kappa shape index (κ2) is 6.45. The maximum Gasteiger partial charge on any atom is 0.265 e. The Labute approximate surface area is 154 Å². The van der Waals surface area contributed by atoms with Gasteiger partial charge in [-0.05, 0) is 24.6 Å². The smallest absolute Gasteiger partial charge is 0.265 e. The highest BCUT2D eigenvalue weighted by atomic mass is 32.1. The van der Waals surface area contributed by atoms with E-state index in [4.69, 9.17) is 9.47 Å². The Kier molecular flexibility index (Phi) is 4.12. The summed E-state index contributed by atoms with van der Waals surface area (Å²) in [7, 11) is 3.64. The number of aryl methyl sites for hydroxylation is 2. The molecule has 0 unspecified atom stereocenters. The first-order chi connectivity index (χ1) is 12.5. The van der Waals surface area contributed by atoms with Gasteiger partial charge in [0.15, 0.2) is 11.5 Å². The number of carbonyl (C=O) groups excluding carboxylic acids is 1. The highest BCUT2D eigenvalue weighted by molar-refractivity contribution is 7.17. The summed E-state index contributed by atoms with van der Waals surface area (Å²) in [5, 5.41) is 4.96. The van der Waals surface area contributed by atoms with E-state index in [1.807, 2.05) is 38.4 Å². The number of fused-ring (bicyclic) bond motifs is 1. The lowest BCUT2D eigenvalue weighted by Crippen LogP contribution is -2.26. The molecule has 26 heavy (non-hydrogen) atoms. The number of hydrogen-bond acceptors (Lipinski definition) is 6. The molecule has 2 aromatic heterocycles. The predicted molar refractivity (Wildman–Crippen MR) is 97.4 cm³/mol. The van der Waals surface area contributed by atoms with Gasteiger partial charge in [-0.15, -0.1) is 11.3 Å². The van der Waals surface area contributed by atoms with Crippen molar-refractivity contribution in [3.63, 3.8) is 0 Å². The molecular weight excluding hydrogens is 352 g/mol. The third-order valence-electron chi connectivity index (χ3n) is 4.15. The van der Waals surface area contributed by atoms with Crippen LogP contribution in [0.1, 0.15) is 20.9 Å². The third-order valence-corrected chi connectivity index (χ3v) is 5.34. The molecule has 0 radical (unpaired) electrons. The summed E-state index contributed by atoms with van der Waals surface area (Å²) in [6.45, 7) is 2.58. The highest BCUT2D eigenvalue weighted by Crippen LogP contribution is 2.33.